The summed E-state index contributed by atoms with van der Waals surface area (Å²) in [6, 6.07) is 20.1. The molecule has 0 heterocycles. The molecule has 124 valence electrons. The topological polar surface area (TPSA) is 34.1 Å². The number of rotatable bonds is 4. The molecule has 0 bridgehead atoms. The number of hydrogen-bond acceptors (Lipinski definition) is 2. The molecule has 0 aliphatic carbocycles. The van der Waals surface area contributed by atoms with Crippen molar-refractivity contribution < 1.29 is 9.59 Å². The van der Waals surface area contributed by atoms with Crippen LogP contribution in [0.2, 0.25) is 0 Å². The first-order valence-corrected chi connectivity index (χ1v) is 8.31. The third kappa shape index (κ3) is 3.16. The SMILES string of the molecule is Cc1ccc(-c2ccccc2C(=O)C(=O)c2ccccc2)c(C)c1C. The zero-order valence-electron chi connectivity index (χ0n) is 14.7. The molecule has 0 spiro atoms. The van der Waals surface area contributed by atoms with Crippen molar-refractivity contribution in [1.29, 1.82) is 0 Å². The minimum absolute atomic E-state index is 0.416. The molecule has 0 saturated heterocycles. The predicted molar refractivity (Wildman–Crippen MR) is 101 cm³/mol. The van der Waals surface area contributed by atoms with Gasteiger partial charge in [-0.3, -0.25) is 9.59 Å². The van der Waals surface area contributed by atoms with Gasteiger partial charge in [-0.25, -0.2) is 0 Å². The first-order chi connectivity index (χ1) is 12.0. The third-order valence-corrected chi connectivity index (χ3v) is 4.76. The maximum absolute atomic E-state index is 12.9. The number of aryl methyl sites for hydroxylation is 1. The van der Waals surface area contributed by atoms with E-state index < -0.39 is 11.6 Å². The zero-order valence-corrected chi connectivity index (χ0v) is 14.7. The van der Waals surface area contributed by atoms with Gasteiger partial charge in [-0.2, -0.15) is 0 Å². The molecule has 0 atom stereocenters. The summed E-state index contributed by atoms with van der Waals surface area (Å²) >= 11 is 0. The molecule has 0 fully saturated rings. The van der Waals surface area contributed by atoms with Gasteiger partial charge in [-0.05, 0) is 48.6 Å². The molecular weight excluding hydrogens is 308 g/mol. The van der Waals surface area contributed by atoms with Crippen molar-refractivity contribution >= 4 is 11.6 Å². The Bertz CT molecular complexity index is 953. The first kappa shape index (κ1) is 16.8. The quantitative estimate of drug-likeness (QED) is 0.478. The molecule has 0 amide bonds. The van der Waals surface area contributed by atoms with E-state index in [1.165, 1.54) is 11.1 Å². The zero-order chi connectivity index (χ0) is 18.0. The fourth-order valence-electron chi connectivity index (χ4n) is 3.01. The summed E-state index contributed by atoms with van der Waals surface area (Å²) in [5.74, 6) is -0.950. The van der Waals surface area contributed by atoms with E-state index >= 15 is 0 Å². The van der Waals surface area contributed by atoms with Gasteiger partial charge in [0.1, 0.15) is 0 Å². The van der Waals surface area contributed by atoms with E-state index in [4.69, 9.17) is 0 Å². The molecule has 3 aromatic rings. The predicted octanol–water partition coefficient (Wildman–Crippen LogP) is 5.34. The standard InChI is InChI=1S/C23H20O2/c1-15-13-14-19(17(3)16(15)2)20-11-7-8-12-21(20)23(25)22(24)18-9-5-4-6-10-18/h4-14H,1-3H3. The Morgan fingerprint density at radius 2 is 1.24 bits per heavy atom. The Morgan fingerprint density at radius 3 is 1.96 bits per heavy atom. The minimum atomic E-state index is -0.477. The molecule has 0 radical (unpaired) electrons. The van der Waals surface area contributed by atoms with Crippen LogP contribution in [0.4, 0.5) is 0 Å². The van der Waals surface area contributed by atoms with Crippen molar-refractivity contribution in [1.82, 2.24) is 0 Å². The van der Waals surface area contributed by atoms with Gasteiger partial charge >= 0.3 is 0 Å². The van der Waals surface area contributed by atoms with Gasteiger partial charge < -0.3 is 0 Å². The van der Waals surface area contributed by atoms with Crippen molar-refractivity contribution in [3.8, 4) is 11.1 Å². The second-order valence-electron chi connectivity index (χ2n) is 6.25. The van der Waals surface area contributed by atoms with Gasteiger partial charge in [0.15, 0.2) is 0 Å². The summed E-state index contributed by atoms with van der Waals surface area (Å²) < 4.78 is 0. The van der Waals surface area contributed by atoms with Gasteiger partial charge in [-0.15, -0.1) is 0 Å². The highest BCUT2D eigenvalue weighted by Gasteiger charge is 2.22. The molecule has 2 nitrogen and oxygen atoms in total. The smallest absolute Gasteiger partial charge is 0.234 e. The summed E-state index contributed by atoms with van der Waals surface area (Å²) in [5.41, 5.74) is 6.21. The monoisotopic (exact) mass is 328 g/mol. The van der Waals surface area contributed by atoms with Gasteiger partial charge in [0.2, 0.25) is 11.6 Å². The second-order valence-corrected chi connectivity index (χ2v) is 6.25. The minimum Gasteiger partial charge on any atom is -0.285 e. The number of carbonyl (C=O) groups excluding carboxylic acids is 2. The van der Waals surface area contributed by atoms with Gasteiger partial charge in [-0.1, -0.05) is 66.7 Å². The van der Waals surface area contributed by atoms with E-state index in [2.05, 4.69) is 26.8 Å². The van der Waals surface area contributed by atoms with Crippen LogP contribution in [0.15, 0.2) is 66.7 Å². The molecule has 0 unspecified atom stereocenters. The number of ketones is 2. The van der Waals surface area contributed by atoms with Crippen LogP contribution in [0.1, 0.15) is 37.4 Å². The van der Waals surface area contributed by atoms with Crippen molar-refractivity contribution in [3.63, 3.8) is 0 Å². The van der Waals surface area contributed by atoms with Crippen LogP contribution in [0, 0.1) is 20.8 Å². The summed E-state index contributed by atoms with van der Waals surface area (Å²) in [7, 11) is 0. The summed E-state index contributed by atoms with van der Waals surface area (Å²) in [5, 5.41) is 0. The van der Waals surface area contributed by atoms with Crippen LogP contribution in [0.25, 0.3) is 11.1 Å². The lowest BCUT2D eigenvalue weighted by Gasteiger charge is -2.14. The van der Waals surface area contributed by atoms with Crippen molar-refractivity contribution in [2.75, 3.05) is 0 Å². The van der Waals surface area contributed by atoms with Crippen molar-refractivity contribution in [2.24, 2.45) is 0 Å². The molecule has 2 heteroatoms. The number of hydrogen-bond donors (Lipinski definition) is 0. The average Bonchev–Trinajstić information content (AvgIpc) is 2.66. The molecule has 3 aromatic carbocycles. The van der Waals surface area contributed by atoms with E-state index in [1.54, 1.807) is 36.4 Å². The van der Waals surface area contributed by atoms with E-state index in [-0.39, 0.29) is 0 Å². The number of Topliss-reactive ketones (excluding diaryl/α,β-unsaturated/α-hetero) is 2. The van der Waals surface area contributed by atoms with Gasteiger partial charge in [0.25, 0.3) is 0 Å². The number of benzene rings is 3. The van der Waals surface area contributed by atoms with E-state index in [0.717, 1.165) is 16.7 Å². The molecule has 0 N–H and O–H groups in total. The second kappa shape index (κ2) is 6.86. The van der Waals surface area contributed by atoms with Crippen LogP contribution in [-0.4, -0.2) is 11.6 Å². The lowest BCUT2D eigenvalue weighted by Crippen LogP contribution is -2.15. The van der Waals surface area contributed by atoms with E-state index in [1.807, 2.05) is 24.3 Å². The largest absolute Gasteiger partial charge is 0.285 e. The highest BCUT2D eigenvalue weighted by Crippen LogP contribution is 2.30. The Morgan fingerprint density at radius 1 is 0.600 bits per heavy atom. The molecule has 0 aliphatic heterocycles. The summed E-state index contributed by atoms with van der Waals surface area (Å²) in [6.45, 7) is 6.20. The fraction of sp³-hybridized carbons (Fsp3) is 0.130. The van der Waals surface area contributed by atoms with Crippen molar-refractivity contribution in [2.45, 2.75) is 20.8 Å². The molecule has 0 aromatic heterocycles. The average molecular weight is 328 g/mol. The molecule has 0 aliphatic rings. The fourth-order valence-corrected chi connectivity index (χ4v) is 3.01. The maximum atomic E-state index is 12.9. The molecule has 25 heavy (non-hydrogen) atoms. The van der Waals surface area contributed by atoms with Gasteiger partial charge in [0, 0.05) is 11.1 Å². The number of carbonyl (C=O) groups is 2. The summed E-state index contributed by atoms with van der Waals surface area (Å²) in [6.07, 6.45) is 0. The van der Waals surface area contributed by atoms with E-state index in [0.29, 0.717) is 11.1 Å². The Hall–Kier alpha value is -3.00. The Labute approximate surface area is 148 Å². The Balaban J connectivity index is 2.10. The highest BCUT2D eigenvalue weighted by molar-refractivity contribution is 6.50. The lowest BCUT2D eigenvalue weighted by molar-refractivity contribution is 0.0817. The first-order valence-electron chi connectivity index (χ1n) is 8.31. The highest BCUT2D eigenvalue weighted by atomic mass is 16.2. The molecule has 3 rings (SSSR count). The normalized spacial score (nSPS) is 10.5. The molecule has 0 saturated carbocycles. The summed E-state index contributed by atoms with van der Waals surface area (Å²) in [4.78, 5) is 25.4. The third-order valence-electron chi connectivity index (χ3n) is 4.76. The molecular formula is C23H20O2. The van der Waals surface area contributed by atoms with Crippen LogP contribution >= 0.6 is 0 Å². The van der Waals surface area contributed by atoms with Gasteiger partial charge in [0.05, 0.1) is 0 Å². The van der Waals surface area contributed by atoms with Crippen LogP contribution in [0.5, 0.6) is 0 Å². The van der Waals surface area contributed by atoms with Crippen LogP contribution < -0.4 is 0 Å². The lowest BCUT2D eigenvalue weighted by atomic mass is 9.89. The maximum Gasteiger partial charge on any atom is 0.234 e. The van der Waals surface area contributed by atoms with Crippen molar-refractivity contribution in [3.05, 3.63) is 94.5 Å². The Kier molecular flexibility index (Phi) is 4.62. The van der Waals surface area contributed by atoms with Crippen LogP contribution in [-0.2, 0) is 0 Å². The van der Waals surface area contributed by atoms with Crippen LogP contribution in [0.3, 0.4) is 0 Å². The van der Waals surface area contributed by atoms with E-state index in [9.17, 15) is 9.59 Å².